The summed E-state index contributed by atoms with van der Waals surface area (Å²) >= 11 is 1.69. The Bertz CT molecular complexity index is 474. The minimum atomic E-state index is -3.39. The van der Waals surface area contributed by atoms with Gasteiger partial charge in [-0.15, -0.1) is 0 Å². The van der Waals surface area contributed by atoms with Crippen molar-refractivity contribution in [3.05, 3.63) is 24.0 Å². The molecule has 0 aliphatic carbocycles. The van der Waals surface area contributed by atoms with Gasteiger partial charge in [0.25, 0.3) is 0 Å². The first-order valence-corrected chi connectivity index (χ1v) is 8.13. The number of benzene rings is 1. The molecule has 0 unspecified atom stereocenters. The van der Waals surface area contributed by atoms with Gasteiger partial charge in [-0.25, -0.2) is 12.8 Å². The second-order valence-electron chi connectivity index (χ2n) is 3.55. The number of nitrogen functional groups attached to an aromatic ring is 1. The van der Waals surface area contributed by atoms with Crippen molar-refractivity contribution in [3.8, 4) is 0 Å². The number of nitrogens with two attached hydrogens (primary N) is 1. The molecule has 0 aliphatic rings. The normalized spacial score (nSPS) is 11.6. The van der Waals surface area contributed by atoms with E-state index in [1.54, 1.807) is 11.8 Å². The van der Waals surface area contributed by atoms with E-state index in [2.05, 4.69) is 0 Å². The summed E-state index contributed by atoms with van der Waals surface area (Å²) in [6.07, 6.45) is 0.576. The Morgan fingerprint density at radius 3 is 2.71 bits per heavy atom. The number of hydrogen-bond acceptors (Lipinski definition) is 4. The van der Waals surface area contributed by atoms with Crippen LogP contribution in [0.15, 0.2) is 23.1 Å². The molecule has 6 heteroatoms. The van der Waals surface area contributed by atoms with Crippen molar-refractivity contribution in [3.63, 3.8) is 0 Å². The zero-order valence-electron chi connectivity index (χ0n) is 9.65. The van der Waals surface area contributed by atoms with Gasteiger partial charge in [-0.05, 0) is 36.1 Å². The van der Waals surface area contributed by atoms with E-state index in [4.69, 9.17) is 5.73 Å². The molecule has 96 valence electrons. The van der Waals surface area contributed by atoms with Crippen LogP contribution in [0.25, 0.3) is 0 Å². The molecule has 0 radical (unpaired) electrons. The summed E-state index contributed by atoms with van der Waals surface area (Å²) in [5.41, 5.74) is 5.26. The first-order valence-electron chi connectivity index (χ1n) is 5.33. The monoisotopic (exact) mass is 277 g/mol. The molecular formula is C11H16FNO2S2. The molecule has 0 aromatic heterocycles. The molecule has 0 saturated heterocycles. The Morgan fingerprint density at radius 1 is 1.41 bits per heavy atom. The molecule has 0 bridgehead atoms. The molecule has 1 aromatic rings. The summed E-state index contributed by atoms with van der Waals surface area (Å²) in [4.78, 5) is 0.00528. The van der Waals surface area contributed by atoms with E-state index in [-0.39, 0.29) is 16.3 Å². The molecule has 3 nitrogen and oxygen atoms in total. The van der Waals surface area contributed by atoms with Gasteiger partial charge in [0.05, 0.1) is 16.3 Å². The summed E-state index contributed by atoms with van der Waals surface area (Å²) in [5, 5.41) is 0. The highest BCUT2D eigenvalue weighted by molar-refractivity contribution is 7.99. The highest BCUT2D eigenvalue weighted by Gasteiger charge is 2.15. The predicted molar refractivity (Wildman–Crippen MR) is 70.5 cm³/mol. The average Bonchev–Trinajstić information content (AvgIpc) is 2.28. The summed E-state index contributed by atoms with van der Waals surface area (Å²) in [7, 11) is -3.39. The molecule has 17 heavy (non-hydrogen) atoms. The van der Waals surface area contributed by atoms with Gasteiger partial charge in [0, 0.05) is 0 Å². The van der Waals surface area contributed by atoms with Crippen LogP contribution in [0.1, 0.15) is 13.3 Å². The van der Waals surface area contributed by atoms with Crippen molar-refractivity contribution < 1.29 is 12.8 Å². The maximum atomic E-state index is 13.2. The van der Waals surface area contributed by atoms with E-state index in [1.807, 2.05) is 6.92 Å². The molecule has 2 N–H and O–H groups in total. The van der Waals surface area contributed by atoms with Crippen molar-refractivity contribution in [2.24, 2.45) is 0 Å². The van der Waals surface area contributed by atoms with Crippen LogP contribution in [0, 0.1) is 5.82 Å². The Balaban J connectivity index is 2.72. The van der Waals surface area contributed by atoms with E-state index in [0.29, 0.717) is 6.42 Å². The highest BCUT2D eigenvalue weighted by Crippen LogP contribution is 2.18. The lowest BCUT2D eigenvalue weighted by atomic mass is 10.3. The lowest BCUT2D eigenvalue weighted by Crippen LogP contribution is -2.08. The van der Waals surface area contributed by atoms with Crippen LogP contribution in [0.5, 0.6) is 0 Å². The molecule has 0 amide bonds. The molecule has 1 rings (SSSR count). The maximum Gasteiger partial charge on any atom is 0.178 e. The largest absolute Gasteiger partial charge is 0.396 e. The fourth-order valence-electron chi connectivity index (χ4n) is 1.31. The molecule has 0 spiro atoms. The standard InChI is InChI=1S/C11H16FNO2S2/c1-2-16-6-3-7-17(14,15)9-4-5-11(13)10(12)8-9/h4-5,8H,2-3,6-7,13H2,1H3. The Morgan fingerprint density at radius 2 is 2.12 bits per heavy atom. The number of halogens is 1. The maximum absolute atomic E-state index is 13.2. The van der Waals surface area contributed by atoms with Crippen molar-refractivity contribution in [1.29, 1.82) is 0 Å². The summed E-state index contributed by atoms with van der Waals surface area (Å²) in [6.45, 7) is 2.02. The lowest BCUT2D eigenvalue weighted by Gasteiger charge is -2.05. The first-order chi connectivity index (χ1) is 7.97. The van der Waals surface area contributed by atoms with Crippen LogP contribution in [-0.4, -0.2) is 25.7 Å². The van der Waals surface area contributed by atoms with Crippen LogP contribution in [-0.2, 0) is 9.84 Å². The zero-order valence-corrected chi connectivity index (χ0v) is 11.3. The molecule has 1 aromatic carbocycles. The van der Waals surface area contributed by atoms with Crippen LogP contribution in [0.4, 0.5) is 10.1 Å². The lowest BCUT2D eigenvalue weighted by molar-refractivity contribution is 0.590. The number of hydrogen-bond donors (Lipinski definition) is 1. The smallest absolute Gasteiger partial charge is 0.178 e. The van der Waals surface area contributed by atoms with Crippen molar-refractivity contribution in [2.45, 2.75) is 18.2 Å². The Labute approximate surface area is 106 Å². The Kier molecular flexibility index (Phi) is 5.27. The SMILES string of the molecule is CCSCCCS(=O)(=O)c1ccc(N)c(F)c1. The number of anilines is 1. The third-order valence-corrected chi connectivity index (χ3v) is 5.02. The minimum Gasteiger partial charge on any atom is -0.396 e. The zero-order chi connectivity index (χ0) is 12.9. The number of thioether (sulfide) groups is 1. The summed E-state index contributed by atoms with van der Waals surface area (Å²) in [6, 6.07) is 3.61. The van der Waals surface area contributed by atoms with E-state index >= 15 is 0 Å². The fourth-order valence-corrected chi connectivity index (χ4v) is 3.45. The third-order valence-electron chi connectivity index (χ3n) is 2.24. The van der Waals surface area contributed by atoms with Crippen molar-refractivity contribution in [1.82, 2.24) is 0 Å². The van der Waals surface area contributed by atoms with Gasteiger partial charge in [0.1, 0.15) is 5.82 Å². The van der Waals surface area contributed by atoms with Gasteiger partial charge in [-0.3, -0.25) is 0 Å². The van der Waals surface area contributed by atoms with Gasteiger partial charge >= 0.3 is 0 Å². The van der Waals surface area contributed by atoms with Gasteiger partial charge in [0.2, 0.25) is 0 Å². The van der Waals surface area contributed by atoms with E-state index in [0.717, 1.165) is 17.6 Å². The average molecular weight is 277 g/mol. The number of rotatable bonds is 6. The molecule has 0 heterocycles. The quantitative estimate of drug-likeness (QED) is 0.640. The van der Waals surface area contributed by atoms with Gasteiger partial charge in [-0.2, -0.15) is 11.8 Å². The van der Waals surface area contributed by atoms with E-state index in [1.165, 1.54) is 12.1 Å². The van der Waals surface area contributed by atoms with E-state index in [9.17, 15) is 12.8 Å². The first kappa shape index (κ1) is 14.3. The minimum absolute atomic E-state index is 0.00528. The van der Waals surface area contributed by atoms with Crippen LogP contribution in [0.3, 0.4) is 0 Å². The molecule has 0 saturated carbocycles. The van der Waals surface area contributed by atoms with Gasteiger partial charge in [0.15, 0.2) is 9.84 Å². The third kappa shape index (κ3) is 4.20. The summed E-state index contributed by atoms with van der Waals surface area (Å²) in [5.74, 6) is 1.13. The van der Waals surface area contributed by atoms with Gasteiger partial charge < -0.3 is 5.73 Å². The second kappa shape index (κ2) is 6.26. The van der Waals surface area contributed by atoms with Crippen LogP contribution >= 0.6 is 11.8 Å². The summed E-state index contributed by atoms with van der Waals surface area (Å²) < 4.78 is 36.8. The number of sulfone groups is 1. The Hall–Kier alpha value is -0.750. The molecule has 0 aliphatic heterocycles. The molecule has 0 atom stereocenters. The van der Waals surface area contributed by atoms with E-state index < -0.39 is 15.7 Å². The highest BCUT2D eigenvalue weighted by atomic mass is 32.2. The predicted octanol–water partition coefficient (Wildman–Crippen LogP) is 2.32. The van der Waals surface area contributed by atoms with Gasteiger partial charge in [-0.1, -0.05) is 6.92 Å². The van der Waals surface area contributed by atoms with Crippen LogP contribution in [0.2, 0.25) is 0 Å². The molecular weight excluding hydrogens is 261 g/mol. The van der Waals surface area contributed by atoms with Crippen molar-refractivity contribution in [2.75, 3.05) is 23.0 Å². The van der Waals surface area contributed by atoms with Crippen molar-refractivity contribution >= 4 is 27.3 Å². The molecule has 0 fully saturated rings. The second-order valence-corrected chi connectivity index (χ2v) is 7.06. The van der Waals surface area contributed by atoms with Crippen LogP contribution < -0.4 is 5.73 Å². The topological polar surface area (TPSA) is 60.2 Å². The fraction of sp³-hybridized carbons (Fsp3) is 0.455.